The molecule has 0 aliphatic rings. The number of benzene rings is 1. The van der Waals surface area contributed by atoms with E-state index in [1.165, 1.54) is 22.3 Å². The topological polar surface area (TPSA) is 23.8 Å². The average molecular weight is 173 g/mol. The van der Waals surface area contributed by atoms with E-state index in [2.05, 4.69) is 39.0 Å². The van der Waals surface area contributed by atoms with E-state index in [4.69, 9.17) is 5.26 Å². The fourth-order valence-corrected chi connectivity index (χ4v) is 1.79. The highest BCUT2D eigenvalue weighted by molar-refractivity contribution is 5.37. The molecule has 13 heavy (non-hydrogen) atoms. The SMILES string of the molecule is Cc1cc(C)c(CCC#N)c(C)c1. The maximum atomic E-state index is 8.51. The molecule has 1 aromatic rings. The van der Waals surface area contributed by atoms with Crippen molar-refractivity contribution >= 4 is 0 Å². The van der Waals surface area contributed by atoms with E-state index in [1.54, 1.807) is 0 Å². The highest BCUT2D eigenvalue weighted by Crippen LogP contribution is 2.17. The second-order valence-corrected chi connectivity index (χ2v) is 3.54. The van der Waals surface area contributed by atoms with Gasteiger partial charge in [0.2, 0.25) is 0 Å². The lowest BCUT2D eigenvalue weighted by Gasteiger charge is -2.09. The maximum Gasteiger partial charge on any atom is 0.0625 e. The van der Waals surface area contributed by atoms with Crippen LogP contribution < -0.4 is 0 Å². The Kier molecular flexibility index (Phi) is 3.08. The molecular formula is C12H15N. The molecule has 0 atom stereocenters. The first-order chi connectivity index (χ1) is 6.15. The molecule has 1 rings (SSSR count). The Morgan fingerprint density at radius 3 is 2.15 bits per heavy atom. The second kappa shape index (κ2) is 4.09. The van der Waals surface area contributed by atoms with Crippen LogP contribution in [0.25, 0.3) is 0 Å². The first-order valence-electron chi connectivity index (χ1n) is 4.59. The van der Waals surface area contributed by atoms with Gasteiger partial charge >= 0.3 is 0 Å². The molecule has 0 N–H and O–H groups in total. The normalized spacial score (nSPS) is 9.69. The Morgan fingerprint density at radius 1 is 1.15 bits per heavy atom. The molecule has 0 fully saturated rings. The van der Waals surface area contributed by atoms with Crippen LogP contribution >= 0.6 is 0 Å². The average Bonchev–Trinajstić information content (AvgIpc) is 2.02. The Balaban J connectivity index is 3.00. The molecule has 68 valence electrons. The molecule has 0 bridgehead atoms. The predicted octanol–water partition coefficient (Wildman–Crippen LogP) is 3.07. The lowest BCUT2D eigenvalue weighted by molar-refractivity contribution is 0.978. The van der Waals surface area contributed by atoms with Crippen LogP contribution in [0.4, 0.5) is 0 Å². The van der Waals surface area contributed by atoms with Crippen LogP contribution in [0, 0.1) is 32.1 Å². The number of hydrogen-bond acceptors (Lipinski definition) is 1. The van der Waals surface area contributed by atoms with E-state index in [-0.39, 0.29) is 0 Å². The van der Waals surface area contributed by atoms with Crippen LogP contribution in [-0.2, 0) is 6.42 Å². The highest BCUT2D eigenvalue weighted by Gasteiger charge is 2.02. The molecular weight excluding hydrogens is 158 g/mol. The summed E-state index contributed by atoms with van der Waals surface area (Å²) in [4.78, 5) is 0. The van der Waals surface area contributed by atoms with Gasteiger partial charge < -0.3 is 0 Å². The van der Waals surface area contributed by atoms with Gasteiger partial charge in [-0.1, -0.05) is 17.7 Å². The van der Waals surface area contributed by atoms with Crippen LogP contribution in [0.5, 0.6) is 0 Å². The fraction of sp³-hybridized carbons (Fsp3) is 0.417. The van der Waals surface area contributed by atoms with Crippen molar-refractivity contribution in [1.29, 1.82) is 5.26 Å². The van der Waals surface area contributed by atoms with Crippen LogP contribution in [-0.4, -0.2) is 0 Å². The van der Waals surface area contributed by atoms with Crippen molar-refractivity contribution in [3.63, 3.8) is 0 Å². The summed E-state index contributed by atoms with van der Waals surface area (Å²) in [6, 6.07) is 6.55. The molecule has 0 aromatic heterocycles. The number of nitriles is 1. The molecule has 0 aliphatic carbocycles. The van der Waals surface area contributed by atoms with Crippen LogP contribution in [0.1, 0.15) is 28.7 Å². The highest BCUT2D eigenvalue weighted by atomic mass is 14.2. The second-order valence-electron chi connectivity index (χ2n) is 3.54. The van der Waals surface area contributed by atoms with Crippen LogP contribution in [0.15, 0.2) is 12.1 Å². The Morgan fingerprint density at radius 2 is 1.69 bits per heavy atom. The van der Waals surface area contributed by atoms with Gasteiger partial charge in [0.1, 0.15) is 0 Å². The summed E-state index contributed by atoms with van der Waals surface area (Å²) in [5.74, 6) is 0. The molecule has 0 saturated carbocycles. The van der Waals surface area contributed by atoms with Gasteiger partial charge in [0.25, 0.3) is 0 Å². The zero-order chi connectivity index (χ0) is 9.84. The summed E-state index contributed by atoms with van der Waals surface area (Å²) in [6.45, 7) is 6.34. The third-order valence-electron chi connectivity index (χ3n) is 2.33. The van der Waals surface area contributed by atoms with Crippen LogP contribution in [0.3, 0.4) is 0 Å². The maximum absolute atomic E-state index is 8.51. The molecule has 0 unspecified atom stereocenters. The number of nitrogens with zero attached hydrogens (tertiary/aromatic N) is 1. The molecule has 0 saturated heterocycles. The largest absolute Gasteiger partial charge is 0.198 e. The summed E-state index contributed by atoms with van der Waals surface area (Å²) < 4.78 is 0. The summed E-state index contributed by atoms with van der Waals surface area (Å²) >= 11 is 0. The van der Waals surface area contributed by atoms with Crippen LogP contribution in [0.2, 0.25) is 0 Å². The Labute approximate surface area is 80.0 Å². The predicted molar refractivity (Wildman–Crippen MR) is 54.6 cm³/mol. The number of aryl methyl sites for hydroxylation is 3. The van der Waals surface area contributed by atoms with Gasteiger partial charge in [0, 0.05) is 6.42 Å². The first-order valence-corrected chi connectivity index (χ1v) is 4.59. The minimum absolute atomic E-state index is 0.616. The molecule has 0 spiro atoms. The molecule has 0 heterocycles. The van der Waals surface area contributed by atoms with Crippen molar-refractivity contribution in [2.75, 3.05) is 0 Å². The van der Waals surface area contributed by atoms with Gasteiger partial charge in [-0.3, -0.25) is 0 Å². The fourth-order valence-electron chi connectivity index (χ4n) is 1.79. The quantitative estimate of drug-likeness (QED) is 0.674. The van der Waals surface area contributed by atoms with Gasteiger partial charge in [-0.2, -0.15) is 5.26 Å². The first kappa shape index (κ1) is 9.80. The zero-order valence-electron chi connectivity index (χ0n) is 8.52. The van der Waals surface area contributed by atoms with E-state index in [9.17, 15) is 0 Å². The third-order valence-corrected chi connectivity index (χ3v) is 2.33. The zero-order valence-corrected chi connectivity index (χ0v) is 8.52. The van der Waals surface area contributed by atoms with Crippen molar-refractivity contribution in [1.82, 2.24) is 0 Å². The van der Waals surface area contributed by atoms with Crippen molar-refractivity contribution in [2.24, 2.45) is 0 Å². The summed E-state index contributed by atoms with van der Waals surface area (Å²) in [6.07, 6.45) is 1.50. The van der Waals surface area contributed by atoms with E-state index in [0.717, 1.165) is 6.42 Å². The third kappa shape index (κ3) is 2.32. The van der Waals surface area contributed by atoms with E-state index in [0.29, 0.717) is 6.42 Å². The lowest BCUT2D eigenvalue weighted by Crippen LogP contribution is -1.94. The minimum Gasteiger partial charge on any atom is -0.198 e. The molecule has 0 amide bonds. The lowest BCUT2D eigenvalue weighted by atomic mass is 9.96. The summed E-state index contributed by atoms with van der Waals surface area (Å²) in [7, 11) is 0. The van der Waals surface area contributed by atoms with Gasteiger partial charge in [-0.15, -0.1) is 0 Å². The minimum atomic E-state index is 0.616. The molecule has 0 aliphatic heterocycles. The van der Waals surface area contributed by atoms with E-state index in [1.807, 2.05) is 0 Å². The summed E-state index contributed by atoms with van der Waals surface area (Å²) in [5.41, 5.74) is 5.27. The van der Waals surface area contributed by atoms with E-state index < -0.39 is 0 Å². The van der Waals surface area contributed by atoms with Gasteiger partial charge in [0.05, 0.1) is 6.07 Å². The standard InChI is InChI=1S/C12H15N/c1-9-7-10(2)12(5-4-6-13)11(3)8-9/h7-8H,4-5H2,1-3H3. The molecule has 0 radical (unpaired) electrons. The number of rotatable bonds is 2. The molecule has 1 nitrogen and oxygen atoms in total. The Bertz CT molecular complexity index is 322. The molecule has 1 heteroatoms. The van der Waals surface area contributed by atoms with Gasteiger partial charge in [-0.05, 0) is 43.9 Å². The van der Waals surface area contributed by atoms with E-state index >= 15 is 0 Å². The van der Waals surface area contributed by atoms with Crippen molar-refractivity contribution in [3.05, 3.63) is 34.4 Å². The molecule has 1 aromatic carbocycles. The van der Waals surface area contributed by atoms with Crippen molar-refractivity contribution < 1.29 is 0 Å². The summed E-state index contributed by atoms with van der Waals surface area (Å²) in [5, 5.41) is 8.51. The smallest absolute Gasteiger partial charge is 0.0625 e. The van der Waals surface area contributed by atoms with Gasteiger partial charge in [-0.25, -0.2) is 0 Å². The number of hydrogen-bond donors (Lipinski definition) is 0. The van der Waals surface area contributed by atoms with Crippen molar-refractivity contribution in [3.8, 4) is 6.07 Å². The van der Waals surface area contributed by atoms with Gasteiger partial charge in [0.15, 0.2) is 0 Å². The monoisotopic (exact) mass is 173 g/mol. The van der Waals surface area contributed by atoms with Crippen molar-refractivity contribution in [2.45, 2.75) is 33.6 Å². The Hall–Kier alpha value is -1.29.